The van der Waals surface area contributed by atoms with Crippen molar-refractivity contribution in [1.29, 1.82) is 0 Å². The third-order valence-corrected chi connectivity index (χ3v) is 5.19. The minimum atomic E-state index is 0.494. The number of aromatic nitrogens is 4. The molecule has 2 aromatic carbocycles. The van der Waals surface area contributed by atoms with Gasteiger partial charge in [0.25, 0.3) is 5.22 Å². The summed E-state index contributed by atoms with van der Waals surface area (Å²) in [5.41, 5.74) is 5.22. The van der Waals surface area contributed by atoms with Gasteiger partial charge < -0.3 is 4.42 Å². The molecule has 0 saturated carbocycles. The van der Waals surface area contributed by atoms with Crippen LogP contribution in [0.1, 0.15) is 17.0 Å². The molecule has 2 heterocycles. The molecule has 0 N–H and O–H groups in total. The molecule has 0 bridgehead atoms. The molecule has 0 aliphatic carbocycles. The van der Waals surface area contributed by atoms with Gasteiger partial charge in [-0.25, -0.2) is 4.68 Å². The number of rotatable bonds is 5. The molecule has 0 aliphatic heterocycles. The zero-order valence-corrected chi connectivity index (χ0v) is 16.5. The summed E-state index contributed by atoms with van der Waals surface area (Å²) in [6.07, 6.45) is 0. The van der Waals surface area contributed by atoms with Crippen molar-refractivity contribution in [2.45, 2.75) is 24.8 Å². The first-order valence-electron chi connectivity index (χ1n) is 8.43. The Balaban J connectivity index is 1.42. The van der Waals surface area contributed by atoms with Gasteiger partial charge >= 0.3 is 0 Å². The summed E-state index contributed by atoms with van der Waals surface area (Å²) < 4.78 is 7.67. The normalized spacial score (nSPS) is 11.1. The summed E-state index contributed by atoms with van der Waals surface area (Å²) >= 11 is 7.42. The average Bonchev–Trinajstić information content (AvgIpc) is 3.27. The van der Waals surface area contributed by atoms with E-state index in [0.29, 0.717) is 16.1 Å². The summed E-state index contributed by atoms with van der Waals surface area (Å²) in [6, 6.07) is 17.7. The van der Waals surface area contributed by atoms with E-state index >= 15 is 0 Å². The molecule has 0 unspecified atom stereocenters. The van der Waals surface area contributed by atoms with Crippen LogP contribution < -0.4 is 0 Å². The smallest absolute Gasteiger partial charge is 0.277 e. The molecule has 0 atom stereocenters. The van der Waals surface area contributed by atoms with E-state index in [1.807, 2.05) is 23.7 Å². The molecule has 0 aliphatic rings. The summed E-state index contributed by atoms with van der Waals surface area (Å²) in [7, 11) is 0. The van der Waals surface area contributed by atoms with Crippen LogP contribution in [0.4, 0.5) is 0 Å². The molecular weight excluding hydrogens is 380 g/mol. The zero-order chi connectivity index (χ0) is 18.8. The van der Waals surface area contributed by atoms with Crippen LogP contribution in [0.25, 0.3) is 17.1 Å². The van der Waals surface area contributed by atoms with E-state index in [4.69, 9.17) is 16.0 Å². The van der Waals surface area contributed by atoms with Crippen LogP contribution in [0.5, 0.6) is 0 Å². The van der Waals surface area contributed by atoms with Crippen LogP contribution in [0, 0.1) is 13.8 Å². The van der Waals surface area contributed by atoms with Crippen LogP contribution in [-0.2, 0) is 5.75 Å². The number of thioether (sulfide) groups is 1. The van der Waals surface area contributed by atoms with Crippen molar-refractivity contribution in [1.82, 2.24) is 20.0 Å². The Morgan fingerprint density at radius 3 is 2.41 bits per heavy atom. The number of nitrogens with zero attached hydrogens (tertiary/aromatic N) is 4. The predicted octanol–water partition coefficient (Wildman–Crippen LogP) is 5.48. The van der Waals surface area contributed by atoms with E-state index in [1.54, 1.807) is 12.1 Å². The summed E-state index contributed by atoms with van der Waals surface area (Å²) in [4.78, 5) is 0. The molecule has 0 radical (unpaired) electrons. The molecule has 27 heavy (non-hydrogen) atoms. The van der Waals surface area contributed by atoms with Gasteiger partial charge in [0.1, 0.15) is 0 Å². The van der Waals surface area contributed by atoms with Crippen molar-refractivity contribution in [3.8, 4) is 17.1 Å². The lowest BCUT2D eigenvalue weighted by molar-refractivity contribution is 0.466. The van der Waals surface area contributed by atoms with Crippen LogP contribution >= 0.6 is 23.4 Å². The number of benzene rings is 2. The highest BCUT2D eigenvalue weighted by Crippen LogP contribution is 2.26. The molecule has 0 amide bonds. The SMILES string of the molecule is Cc1cc(C)n(-c2ccc(CSc3nnc(-c4ccc(Cl)cc4)o3)cc2)n1. The molecule has 7 heteroatoms. The van der Waals surface area contributed by atoms with Gasteiger partial charge in [0.15, 0.2) is 0 Å². The lowest BCUT2D eigenvalue weighted by Crippen LogP contribution is -1.98. The molecule has 4 rings (SSSR count). The Bertz CT molecular complexity index is 1050. The second-order valence-electron chi connectivity index (χ2n) is 6.17. The fourth-order valence-electron chi connectivity index (χ4n) is 2.75. The standard InChI is InChI=1S/C20H17ClN4OS/c1-13-11-14(2)25(24-13)18-9-3-15(4-10-18)12-27-20-23-22-19(26-20)16-5-7-17(21)8-6-16/h3-11H,12H2,1-2H3. The van der Waals surface area contributed by atoms with E-state index < -0.39 is 0 Å². The van der Waals surface area contributed by atoms with E-state index in [1.165, 1.54) is 17.3 Å². The lowest BCUT2D eigenvalue weighted by atomic mass is 10.2. The molecule has 136 valence electrons. The van der Waals surface area contributed by atoms with Gasteiger partial charge in [-0.15, -0.1) is 10.2 Å². The molecule has 5 nitrogen and oxygen atoms in total. The first kappa shape index (κ1) is 17.8. The Morgan fingerprint density at radius 2 is 1.74 bits per heavy atom. The Morgan fingerprint density at radius 1 is 1.00 bits per heavy atom. The van der Waals surface area contributed by atoms with Gasteiger partial charge in [0.2, 0.25) is 5.89 Å². The van der Waals surface area contributed by atoms with Crippen molar-refractivity contribution in [3.63, 3.8) is 0 Å². The highest BCUT2D eigenvalue weighted by Gasteiger charge is 2.10. The molecule has 2 aromatic heterocycles. The van der Waals surface area contributed by atoms with Crippen LogP contribution in [0.15, 0.2) is 64.2 Å². The maximum atomic E-state index is 5.91. The Hall–Kier alpha value is -2.57. The van der Waals surface area contributed by atoms with Gasteiger partial charge in [0.05, 0.1) is 11.4 Å². The Kier molecular flexibility index (Phi) is 5.01. The topological polar surface area (TPSA) is 56.7 Å². The minimum absolute atomic E-state index is 0.494. The highest BCUT2D eigenvalue weighted by atomic mass is 35.5. The van der Waals surface area contributed by atoms with Gasteiger partial charge in [-0.1, -0.05) is 35.5 Å². The fourth-order valence-corrected chi connectivity index (χ4v) is 3.59. The Labute approximate surface area is 166 Å². The summed E-state index contributed by atoms with van der Waals surface area (Å²) in [6.45, 7) is 4.05. The first-order chi connectivity index (χ1) is 13.1. The van der Waals surface area contributed by atoms with Gasteiger partial charge in [-0.05, 0) is 61.9 Å². The first-order valence-corrected chi connectivity index (χ1v) is 9.80. The minimum Gasteiger partial charge on any atom is -0.411 e. The van der Waals surface area contributed by atoms with Crippen LogP contribution in [0.2, 0.25) is 5.02 Å². The van der Waals surface area contributed by atoms with E-state index in [0.717, 1.165) is 28.4 Å². The maximum Gasteiger partial charge on any atom is 0.277 e. The van der Waals surface area contributed by atoms with Crippen molar-refractivity contribution < 1.29 is 4.42 Å². The van der Waals surface area contributed by atoms with Crippen molar-refractivity contribution >= 4 is 23.4 Å². The van der Waals surface area contributed by atoms with Gasteiger partial charge in [-0.2, -0.15) is 5.10 Å². The lowest BCUT2D eigenvalue weighted by Gasteiger charge is -2.05. The fraction of sp³-hybridized carbons (Fsp3) is 0.150. The largest absolute Gasteiger partial charge is 0.411 e. The number of hydrogen-bond acceptors (Lipinski definition) is 5. The molecule has 0 spiro atoms. The molecule has 4 aromatic rings. The second-order valence-corrected chi connectivity index (χ2v) is 7.54. The summed E-state index contributed by atoms with van der Waals surface area (Å²) in [5.74, 6) is 1.24. The monoisotopic (exact) mass is 396 g/mol. The predicted molar refractivity (Wildman–Crippen MR) is 107 cm³/mol. The van der Waals surface area contributed by atoms with E-state index in [2.05, 4.69) is 52.6 Å². The quantitative estimate of drug-likeness (QED) is 0.418. The van der Waals surface area contributed by atoms with Crippen LogP contribution in [0.3, 0.4) is 0 Å². The van der Waals surface area contributed by atoms with Gasteiger partial charge in [0, 0.05) is 22.0 Å². The number of halogens is 1. The number of aryl methyl sites for hydroxylation is 2. The van der Waals surface area contributed by atoms with Crippen molar-refractivity contribution in [2.24, 2.45) is 0 Å². The molecular formula is C20H17ClN4OS. The van der Waals surface area contributed by atoms with E-state index in [-0.39, 0.29) is 0 Å². The third-order valence-electron chi connectivity index (χ3n) is 4.05. The van der Waals surface area contributed by atoms with E-state index in [9.17, 15) is 0 Å². The maximum absolute atomic E-state index is 5.91. The van der Waals surface area contributed by atoms with Crippen molar-refractivity contribution in [3.05, 3.63) is 76.6 Å². The van der Waals surface area contributed by atoms with Crippen LogP contribution in [-0.4, -0.2) is 20.0 Å². The zero-order valence-electron chi connectivity index (χ0n) is 14.9. The highest BCUT2D eigenvalue weighted by molar-refractivity contribution is 7.98. The third kappa shape index (κ3) is 4.07. The van der Waals surface area contributed by atoms with Gasteiger partial charge in [-0.3, -0.25) is 0 Å². The molecule has 0 fully saturated rings. The second kappa shape index (κ2) is 7.58. The molecule has 0 saturated heterocycles. The summed E-state index contributed by atoms with van der Waals surface area (Å²) in [5, 5.41) is 13.9. The number of hydrogen-bond donors (Lipinski definition) is 0. The van der Waals surface area contributed by atoms with Crippen molar-refractivity contribution in [2.75, 3.05) is 0 Å². The average molecular weight is 397 g/mol.